The van der Waals surface area contributed by atoms with Gasteiger partial charge in [0.1, 0.15) is 5.82 Å². The van der Waals surface area contributed by atoms with E-state index in [1.54, 1.807) is 6.92 Å². The van der Waals surface area contributed by atoms with E-state index in [1.165, 1.54) is 6.07 Å². The average Bonchev–Trinajstić information content (AvgIpc) is 2.62. The van der Waals surface area contributed by atoms with Crippen LogP contribution in [0.4, 0.5) is 10.1 Å². The summed E-state index contributed by atoms with van der Waals surface area (Å²) in [7, 11) is 0. The van der Waals surface area contributed by atoms with E-state index in [0.29, 0.717) is 12.1 Å². The van der Waals surface area contributed by atoms with E-state index in [0.717, 1.165) is 24.2 Å². The first-order valence-corrected chi connectivity index (χ1v) is 6.33. The number of halogens is 1. The van der Waals surface area contributed by atoms with Crippen molar-refractivity contribution in [3.63, 3.8) is 0 Å². The molecule has 4 heteroatoms. The molecule has 1 saturated heterocycles. The molecule has 0 bridgehead atoms. The third-order valence-electron chi connectivity index (χ3n) is 3.59. The number of hydrogen-bond acceptors (Lipinski definition) is 3. The van der Waals surface area contributed by atoms with Crippen molar-refractivity contribution in [2.45, 2.75) is 38.8 Å². The van der Waals surface area contributed by atoms with E-state index < -0.39 is 5.60 Å². The molecule has 3 nitrogen and oxygen atoms in total. The van der Waals surface area contributed by atoms with E-state index in [2.05, 4.69) is 4.90 Å². The number of nitrogens with two attached hydrogens (primary N) is 1. The molecule has 0 amide bonds. The summed E-state index contributed by atoms with van der Waals surface area (Å²) in [5.41, 5.74) is 7.60. The fraction of sp³-hybridized carbons (Fsp3) is 0.571. The number of nitrogens with zero attached hydrogens (tertiary/aromatic N) is 1. The summed E-state index contributed by atoms with van der Waals surface area (Å²) >= 11 is 0. The van der Waals surface area contributed by atoms with Gasteiger partial charge in [-0.05, 0) is 50.5 Å². The zero-order valence-corrected chi connectivity index (χ0v) is 11.2. The molecule has 3 N–H and O–H groups in total. The van der Waals surface area contributed by atoms with Crippen LogP contribution in [0.5, 0.6) is 0 Å². The minimum Gasteiger partial charge on any atom is -0.388 e. The molecule has 0 saturated carbocycles. The second-order valence-electron chi connectivity index (χ2n) is 5.62. The largest absolute Gasteiger partial charge is 0.388 e. The van der Waals surface area contributed by atoms with E-state index >= 15 is 0 Å². The van der Waals surface area contributed by atoms with Gasteiger partial charge in [0.25, 0.3) is 0 Å². The lowest BCUT2D eigenvalue weighted by Gasteiger charge is -2.25. The summed E-state index contributed by atoms with van der Waals surface area (Å²) in [4.78, 5) is 2.09. The maximum Gasteiger partial charge on any atom is 0.126 e. The quantitative estimate of drug-likeness (QED) is 0.847. The Morgan fingerprint density at radius 3 is 2.67 bits per heavy atom. The van der Waals surface area contributed by atoms with Crippen LogP contribution in [0.25, 0.3) is 0 Å². The van der Waals surface area contributed by atoms with Gasteiger partial charge in [-0.25, -0.2) is 4.39 Å². The lowest BCUT2D eigenvalue weighted by molar-refractivity contribution is 0.0839. The van der Waals surface area contributed by atoms with Crippen LogP contribution in [0.15, 0.2) is 12.1 Å². The van der Waals surface area contributed by atoms with Gasteiger partial charge in [0, 0.05) is 24.8 Å². The summed E-state index contributed by atoms with van der Waals surface area (Å²) in [5.74, 6) is -0.225. The topological polar surface area (TPSA) is 49.5 Å². The lowest BCUT2D eigenvalue weighted by Crippen LogP contribution is -2.30. The highest BCUT2D eigenvalue weighted by Crippen LogP contribution is 2.33. The van der Waals surface area contributed by atoms with Crippen molar-refractivity contribution in [3.8, 4) is 0 Å². The normalized spacial score (nSPS) is 25.6. The lowest BCUT2D eigenvalue weighted by atomic mass is 10.0. The monoisotopic (exact) mass is 252 g/mol. The maximum absolute atomic E-state index is 13.6. The number of anilines is 1. The van der Waals surface area contributed by atoms with E-state index in [9.17, 15) is 9.50 Å². The number of benzene rings is 1. The molecule has 1 unspecified atom stereocenters. The zero-order valence-electron chi connectivity index (χ0n) is 11.2. The molecule has 0 aliphatic carbocycles. The fourth-order valence-electron chi connectivity index (χ4n) is 2.47. The van der Waals surface area contributed by atoms with Crippen LogP contribution >= 0.6 is 0 Å². The SMILES string of the molecule is Cc1cc(N2CCC(C)(O)C2)c([C@H](C)N)cc1F. The maximum atomic E-state index is 13.6. The first kappa shape index (κ1) is 13.3. The first-order valence-electron chi connectivity index (χ1n) is 6.33. The molecule has 2 atom stereocenters. The molecular formula is C14H21FN2O. The van der Waals surface area contributed by atoms with Crippen LogP contribution in [0.3, 0.4) is 0 Å². The van der Waals surface area contributed by atoms with Crippen LogP contribution in [0.2, 0.25) is 0 Å². The Morgan fingerprint density at radius 1 is 1.50 bits per heavy atom. The van der Waals surface area contributed by atoms with Crippen molar-refractivity contribution in [2.24, 2.45) is 5.73 Å². The zero-order chi connectivity index (χ0) is 13.5. The number of hydrogen-bond donors (Lipinski definition) is 2. The highest BCUT2D eigenvalue weighted by Gasteiger charge is 2.32. The predicted octanol–water partition coefficient (Wildman–Crippen LogP) is 2.11. The third-order valence-corrected chi connectivity index (χ3v) is 3.59. The Bertz CT molecular complexity index is 457. The van der Waals surface area contributed by atoms with Crippen LogP contribution in [0, 0.1) is 12.7 Å². The van der Waals surface area contributed by atoms with Crippen LogP contribution < -0.4 is 10.6 Å². The molecule has 0 radical (unpaired) electrons. The molecular weight excluding hydrogens is 231 g/mol. The molecule has 1 aromatic rings. The van der Waals surface area contributed by atoms with Gasteiger partial charge in [0.2, 0.25) is 0 Å². The van der Waals surface area contributed by atoms with Crippen LogP contribution in [-0.4, -0.2) is 23.8 Å². The molecule has 1 aromatic carbocycles. The number of β-amino-alcohol motifs (C(OH)–C–C–N with tert-alkyl or cyclic N) is 1. The average molecular weight is 252 g/mol. The van der Waals surface area contributed by atoms with Gasteiger partial charge in [0.05, 0.1) is 5.60 Å². The number of aliphatic hydroxyl groups is 1. The Kier molecular flexibility index (Phi) is 3.34. The van der Waals surface area contributed by atoms with Gasteiger partial charge >= 0.3 is 0 Å². The van der Waals surface area contributed by atoms with Crippen molar-refractivity contribution in [1.29, 1.82) is 0 Å². The first-order chi connectivity index (χ1) is 8.30. The summed E-state index contributed by atoms with van der Waals surface area (Å²) in [6.07, 6.45) is 0.724. The molecule has 0 spiro atoms. The molecule has 0 aromatic heterocycles. The summed E-state index contributed by atoms with van der Waals surface area (Å²) in [6.45, 7) is 6.77. The Balaban J connectivity index is 2.41. The highest BCUT2D eigenvalue weighted by molar-refractivity contribution is 5.58. The van der Waals surface area contributed by atoms with Gasteiger partial charge in [0.15, 0.2) is 0 Å². The summed E-state index contributed by atoms with van der Waals surface area (Å²) in [6, 6.07) is 3.12. The van der Waals surface area contributed by atoms with Crippen LogP contribution in [0.1, 0.15) is 37.4 Å². The molecule has 2 rings (SSSR count). The Hall–Kier alpha value is -1.13. The summed E-state index contributed by atoms with van der Waals surface area (Å²) < 4.78 is 13.6. The number of rotatable bonds is 2. The third kappa shape index (κ3) is 2.49. The predicted molar refractivity (Wildman–Crippen MR) is 71.2 cm³/mol. The Morgan fingerprint density at radius 2 is 2.17 bits per heavy atom. The van der Waals surface area contributed by atoms with Gasteiger partial charge in [-0.1, -0.05) is 0 Å². The van der Waals surface area contributed by atoms with Crippen molar-refractivity contribution in [3.05, 3.63) is 29.1 Å². The van der Waals surface area contributed by atoms with Crippen molar-refractivity contribution in [2.75, 3.05) is 18.0 Å². The second kappa shape index (κ2) is 4.52. The smallest absolute Gasteiger partial charge is 0.126 e. The van der Waals surface area contributed by atoms with E-state index in [-0.39, 0.29) is 11.9 Å². The van der Waals surface area contributed by atoms with E-state index in [4.69, 9.17) is 5.73 Å². The van der Waals surface area contributed by atoms with Gasteiger partial charge in [-0.15, -0.1) is 0 Å². The van der Waals surface area contributed by atoms with Crippen LogP contribution in [-0.2, 0) is 0 Å². The molecule has 1 fully saturated rings. The molecule has 1 heterocycles. The van der Waals surface area contributed by atoms with Gasteiger partial charge in [-0.2, -0.15) is 0 Å². The standard InChI is InChI=1S/C14H21FN2O/c1-9-6-13(11(10(2)16)7-12(9)15)17-5-4-14(3,18)8-17/h6-7,10,18H,4-5,8,16H2,1-3H3/t10-,14?/m0/s1. The minimum absolute atomic E-state index is 0.222. The van der Waals surface area contributed by atoms with Crippen molar-refractivity contribution >= 4 is 5.69 Å². The molecule has 100 valence electrons. The van der Waals surface area contributed by atoms with Crippen molar-refractivity contribution in [1.82, 2.24) is 0 Å². The highest BCUT2D eigenvalue weighted by atomic mass is 19.1. The second-order valence-corrected chi connectivity index (χ2v) is 5.62. The molecule has 1 aliphatic rings. The fourth-order valence-corrected chi connectivity index (χ4v) is 2.47. The number of aryl methyl sites for hydroxylation is 1. The van der Waals surface area contributed by atoms with E-state index in [1.807, 2.05) is 19.9 Å². The van der Waals surface area contributed by atoms with Gasteiger partial charge in [-0.3, -0.25) is 0 Å². The van der Waals surface area contributed by atoms with Crippen molar-refractivity contribution < 1.29 is 9.50 Å². The molecule has 1 aliphatic heterocycles. The molecule has 18 heavy (non-hydrogen) atoms. The Labute approximate surface area is 107 Å². The minimum atomic E-state index is -0.669. The van der Waals surface area contributed by atoms with Gasteiger partial charge < -0.3 is 15.7 Å². The summed E-state index contributed by atoms with van der Waals surface area (Å²) in [5, 5.41) is 10.0.